The number of urea groups is 1. The molecule has 72 valence electrons. The Morgan fingerprint density at radius 3 is 2.85 bits per heavy atom. The van der Waals surface area contributed by atoms with Crippen molar-refractivity contribution in [2.75, 3.05) is 19.6 Å². The third kappa shape index (κ3) is 1.99. The highest BCUT2D eigenvalue weighted by Crippen LogP contribution is 2.04. The maximum absolute atomic E-state index is 11.4. The lowest BCUT2D eigenvalue weighted by Crippen LogP contribution is -2.44. The van der Waals surface area contributed by atoms with Gasteiger partial charge >= 0.3 is 6.03 Å². The minimum atomic E-state index is -0.355. The van der Waals surface area contributed by atoms with Crippen molar-refractivity contribution in [3.05, 3.63) is 12.7 Å². The van der Waals surface area contributed by atoms with Gasteiger partial charge in [0.15, 0.2) is 0 Å². The first-order valence-electron chi connectivity index (χ1n) is 4.18. The molecule has 0 aliphatic carbocycles. The number of hydrogen-bond acceptors (Lipinski definition) is 2. The van der Waals surface area contributed by atoms with Crippen LogP contribution in [0.1, 0.15) is 6.92 Å². The van der Waals surface area contributed by atoms with E-state index in [9.17, 15) is 9.59 Å². The molecule has 1 aliphatic rings. The van der Waals surface area contributed by atoms with E-state index >= 15 is 0 Å². The van der Waals surface area contributed by atoms with E-state index in [-0.39, 0.29) is 11.9 Å². The summed E-state index contributed by atoms with van der Waals surface area (Å²) < 4.78 is 0. The Hall–Kier alpha value is -1.52. The molecule has 0 saturated carbocycles. The van der Waals surface area contributed by atoms with Gasteiger partial charge in [-0.3, -0.25) is 10.2 Å². The van der Waals surface area contributed by atoms with Gasteiger partial charge in [-0.15, -0.1) is 0 Å². The zero-order chi connectivity index (χ0) is 9.84. The standard InChI is InChI=1S/C8H13N3O2/c1-3-7(12)9-11-6-5-10(4-2)8(11)13/h3H,1,4-6H2,2H3,(H,9,12). The molecular formula is C8H13N3O2. The fourth-order valence-electron chi connectivity index (χ4n) is 1.16. The van der Waals surface area contributed by atoms with Crippen molar-refractivity contribution in [1.29, 1.82) is 0 Å². The molecule has 1 aliphatic heterocycles. The number of amides is 3. The van der Waals surface area contributed by atoms with Crippen LogP contribution in [0.5, 0.6) is 0 Å². The summed E-state index contributed by atoms with van der Waals surface area (Å²) in [7, 11) is 0. The summed E-state index contributed by atoms with van der Waals surface area (Å²) in [6.45, 7) is 7.06. The van der Waals surface area contributed by atoms with Gasteiger partial charge in [-0.25, -0.2) is 9.80 Å². The highest BCUT2D eigenvalue weighted by Gasteiger charge is 2.27. The van der Waals surface area contributed by atoms with Crippen LogP contribution < -0.4 is 5.43 Å². The first-order valence-corrected chi connectivity index (χ1v) is 4.18. The molecule has 0 aromatic rings. The van der Waals surface area contributed by atoms with Gasteiger partial charge < -0.3 is 4.90 Å². The molecule has 0 spiro atoms. The maximum atomic E-state index is 11.4. The highest BCUT2D eigenvalue weighted by atomic mass is 16.2. The molecule has 0 aromatic carbocycles. The van der Waals surface area contributed by atoms with E-state index in [2.05, 4.69) is 12.0 Å². The number of hydrogen-bond donors (Lipinski definition) is 1. The van der Waals surface area contributed by atoms with Crippen molar-refractivity contribution in [1.82, 2.24) is 15.3 Å². The second kappa shape index (κ2) is 3.93. The molecule has 13 heavy (non-hydrogen) atoms. The number of nitrogens with one attached hydrogen (secondary N) is 1. The summed E-state index contributed by atoms with van der Waals surface area (Å²) in [5, 5.41) is 1.30. The summed E-state index contributed by atoms with van der Waals surface area (Å²) in [6.07, 6.45) is 1.14. The van der Waals surface area contributed by atoms with Crippen molar-refractivity contribution >= 4 is 11.9 Å². The molecule has 1 rings (SSSR count). The lowest BCUT2D eigenvalue weighted by molar-refractivity contribution is -0.119. The zero-order valence-electron chi connectivity index (χ0n) is 7.62. The molecule has 5 heteroatoms. The van der Waals surface area contributed by atoms with Crippen LogP contribution in [-0.4, -0.2) is 41.5 Å². The Morgan fingerprint density at radius 1 is 1.69 bits per heavy atom. The highest BCUT2D eigenvalue weighted by molar-refractivity contribution is 5.89. The van der Waals surface area contributed by atoms with E-state index < -0.39 is 0 Å². The summed E-state index contributed by atoms with van der Waals surface area (Å²) in [4.78, 5) is 23.9. The maximum Gasteiger partial charge on any atom is 0.338 e. The number of carbonyl (C=O) groups excluding carboxylic acids is 2. The van der Waals surface area contributed by atoms with Crippen LogP contribution in [0.25, 0.3) is 0 Å². The molecule has 3 amide bonds. The van der Waals surface area contributed by atoms with E-state index in [1.165, 1.54) is 5.01 Å². The lowest BCUT2D eigenvalue weighted by atomic mass is 10.6. The van der Waals surface area contributed by atoms with Crippen molar-refractivity contribution in [2.24, 2.45) is 0 Å². The van der Waals surface area contributed by atoms with Gasteiger partial charge in [-0.1, -0.05) is 6.58 Å². The molecule has 5 nitrogen and oxygen atoms in total. The number of carbonyl (C=O) groups is 2. The number of hydrazine groups is 1. The Morgan fingerprint density at radius 2 is 2.38 bits per heavy atom. The predicted molar refractivity (Wildman–Crippen MR) is 47.7 cm³/mol. The molecule has 0 radical (unpaired) electrons. The van der Waals surface area contributed by atoms with Crippen LogP contribution in [-0.2, 0) is 4.79 Å². The van der Waals surface area contributed by atoms with Gasteiger partial charge in [0, 0.05) is 13.1 Å². The molecule has 0 aromatic heterocycles. The van der Waals surface area contributed by atoms with Crippen LogP contribution >= 0.6 is 0 Å². The van der Waals surface area contributed by atoms with Crippen molar-refractivity contribution in [3.63, 3.8) is 0 Å². The van der Waals surface area contributed by atoms with Crippen LogP contribution in [0, 0.1) is 0 Å². The second-order valence-corrected chi connectivity index (χ2v) is 2.69. The Labute approximate surface area is 77.0 Å². The monoisotopic (exact) mass is 183 g/mol. The van der Waals surface area contributed by atoms with Crippen LogP contribution in [0.4, 0.5) is 4.79 Å². The molecule has 1 fully saturated rings. The topological polar surface area (TPSA) is 52.7 Å². The minimum Gasteiger partial charge on any atom is -0.322 e. The average Bonchev–Trinajstić information content (AvgIpc) is 2.48. The van der Waals surface area contributed by atoms with E-state index in [1.807, 2.05) is 6.92 Å². The molecular weight excluding hydrogens is 170 g/mol. The fraction of sp³-hybridized carbons (Fsp3) is 0.500. The molecule has 1 N–H and O–H groups in total. The summed E-state index contributed by atoms with van der Waals surface area (Å²) in [5.74, 6) is -0.355. The molecule has 0 unspecified atom stereocenters. The summed E-state index contributed by atoms with van der Waals surface area (Å²) in [6, 6.07) is -0.155. The van der Waals surface area contributed by atoms with E-state index in [1.54, 1.807) is 4.90 Å². The fourth-order valence-corrected chi connectivity index (χ4v) is 1.16. The normalized spacial score (nSPS) is 16.2. The quantitative estimate of drug-likeness (QED) is 0.624. The molecule has 0 bridgehead atoms. The summed E-state index contributed by atoms with van der Waals surface area (Å²) >= 11 is 0. The third-order valence-electron chi connectivity index (χ3n) is 1.91. The Kier molecular flexibility index (Phi) is 2.89. The lowest BCUT2D eigenvalue weighted by Gasteiger charge is -2.16. The minimum absolute atomic E-state index is 0.155. The predicted octanol–water partition coefficient (Wildman–Crippen LogP) is -0.0389. The molecule has 1 saturated heterocycles. The van der Waals surface area contributed by atoms with Gasteiger partial charge in [0.25, 0.3) is 5.91 Å². The van der Waals surface area contributed by atoms with Gasteiger partial charge in [0.1, 0.15) is 0 Å². The Balaban J connectivity index is 2.50. The van der Waals surface area contributed by atoms with Gasteiger partial charge in [0.05, 0.1) is 6.54 Å². The Bertz CT molecular complexity index is 240. The largest absolute Gasteiger partial charge is 0.338 e. The average molecular weight is 183 g/mol. The second-order valence-electron chi connectivity index (χ2n) is 2.69. The zero-order valence-corrected chi connectivity index (χ0v) is 7.62. The van der Waals surface area contributed by atoms with Crippen molar-refractivity contribution in [2.45, 2.75) is 6.92 Å². The number of likely N-dealkylation sites (N-methyl/N-ethyl adjacent to an activating group) is 1. The smallest absolute Gasteiger partial charge is 0.322 e. The van der Waals surface area contributed by atoms with E-state index in [0.29, 0.717) is 19.6 Å². The van der Waals surface area contributed by atoms with Gasteiger partial charge in [-0.05, 0) is 13.0 Å². The summed E-state index contributed by atoms with van der Waals surface area (Å²) in [5.41, 5.74) is 2.43. The molecule has 1 heterocycles. The number of nitrogens with zero attached hydrogens (tertiary/aromatic N) is 2. The van der Waals surface area contributed by atoms with Crippen molar-refractivity contribution < 1.29 is 9.59 Å². The SMILES string of the molecule is C=CC(=O)NN1CCN(CC)C1=O. The first kappa shape index (κ1) is 9.57. The van der Waals surface area contributed by atoms with Gasteiger partial charge in [-0.2, -0.15) is 0 Å². The van der Waals surface area contributed by atoms with Crippen LogP contribution in [0.2, 0.25) is 0 Å². The third-order valence-corrected chi connectivity index (χ3v) is 1.91. The van der Waals surface area contributed by atoms with E-state index in [4.69, 9.17) is 0 Å². The van der Waals surface area contributed by atoms with Crippen LogP contribution in [0.15, 0.2) is 12.7 Å². The molecule has 0 atom stereocenters. The van der Waals surface area contributed by atoms with E-state index in [0.717, 1.165) is 6.08 Å². The first-order chi connectivity index (χ1) is 6.19. The van der Waals surface area contributed by atoms with Gasteiger partial charge in [0.2, 0.25) is 0 Å². The van der Waals surface area contributed by atoms with Crippen molar-refractivity contribution in [3.8, 4) is 0 Å². The number of rotatable bonds is 3. The van der Waals surface area contributed by atoms with Crippen LogP contribution in [0.3, 0.4) is 0 Å².